The molecule has 1 saturated carbocycles. The number of nitrogens with one attached hydrogen (secondary N) is 1. The largest absolute Gasteiger partial charge is 0.379 e. The van der Waals surface area contributed by atoms with Gasteiger partial charge < -0.3 is 9.64 Å². The highest BCUT2D eigenvalue weighted by atomic mass is 32.1. The number of likely N-dealkylation sites (N-methyl/N-ethyl adjacent to an activating group) is 1. The third-order valence-electron chi connectivity index (χ3n) is 3.96. The molecule has 1 heterocycles. The molecule has 1 aliphatic rings. The van der Waals surface area contributed by atoms with Crippen LogP contribution in [0.3, 0.4) is 0 Å². The van der Waals surface area contributed by atoms with Crippen molar-refractivity contribution in [3.8, 4) is 10.4 Å². The highest BCUT2D eigenvalue weighted by molar-refractivity contribution is 7.15. The monoisotopic (exact) mass is 345 g/mol. The Hall–Kier alpha value is -1.92. The molecule has 0 unspecified atom stereocenters. The number of hydrogen-bond acceptors (Lipinski definition) is 4. The molecule has 1 aromatic carbocycles. The van der Waals surface area contributed by atoms with Crippen LogP contribution < -0.4 is 5.32 Å². The number of benzene rings is 1. The molecule has 1 aromatic heterocycles. The number of hydrogen-bond donors (Lipinski definition) is 1. The number of aryl methyl sites for hydroxylation is 1. The van der Waals surface area contributed by atoms with Gasteiger partial charge in [-0.05, 0) is 31.2 Å². The maximum Gasteiger partial charge on any atom is 0.322 e. The quantitative estimate of drug-likeness (QED) is 0.772. The molecule has 24 heavy (non-hydrogen) atoms. The first-order valence-corrected chi connectivity index (χ1v) is 9.08. The highest BCUT2D eigenvalue weighted by Crippen LogP contribution is 2.33. The molecule has 0 spiro atoms. The zero-order valence-corrected chi connectivity index (χ0v) is 14.9. The molecule has 2 amide bonds. The Balaban J connectivity index is 1.57. The lowest BCUT2D eigenvalue weighted by atomic mass is 10.2. The fourth-order valence-corrected chi connectivity index (χ4v) is 3.21. The molecule has 0 atom stereocenters. The summed E-state index contributed by atoms with van der Waals surface area (Å²) in [5, 5.41) is 3.85. The van der Waals surface area contributed by atoms with Crippen molar-refractivity contribution in [3.63, 3.8) is 0 Å². The van der Waals surface area contributed by atoms with Gasteiger partial charge in [0.05, 0.1) is 16.5 Å². The van der Waals surface area contributed by atoms with Gasteiger partial charge in [-0.3, -0.25) is 5.32 Å². The summed E-state index contributed by atoms with van der Waals surface area (Å²) < 4.78 is 5.59. The van der Waals surface area contributed by atoms with Gasteiger partial charge in [0.2, 0.25) is 0 Å². The van der Waals surface area contributed by atoms with Crippen LogP contribution in [0.1, 0.15) is 17.8 Å². The van der Waals surface area contributed by atoms with Gasteiger partial charge in [0.15, 0.2) is 5.82 Å². The Morgan fingerprint density at radius 1 is 1.38 bits per heavy atom. The van der Waals surface area contributed by atoms with Crippen LogP contribution in [0, 0.1) is 12.8 Å². The topological polar surface area (TPSA) is 54.5 Å². The van der Waals surface area contributed by atoms with Crippen LogP contribution in [0.2, 0.25) is 0 Å². The van der Waals surface area contributed by atoms with E-state index >= 15 is 0 Å². The van der Waals surface area contributed by atoms with E-state index in [1.165, 1.54) is 12.8 Å². The van der Waals surface area contributed by atoms with Crippen LogP contribution in [0.5, 0.6) is 0 Å². The number of aromatic nitrogens is 1. The molecule has 128 valence electrons. The average molecular weight is 345 g/mol. The fraction of sp³-hybridized carbons (Fsp3) is 0.444. The van der Waals surface area contributed by atoms with E-state index in [1.54, 1.807) is 23.3 Å². The normalized spacial score (nSPS) is 13.8. The van der Waals surface area contributed by atoms with E-state index in [0.717, 1.165) is 28.0 Å². The summed E-state index contributed by atoms with van der Waals surface area (Å²) in [5.41, 5.74) is 1.06. The second kappa shape index (κ2) is 7.77. The summed E-state index contributed by atoms with van der Waals surface area (Å²) in [6, 6.07) is 9.84. The number of nitrogens with zero attached hydrogens (tertiary/aromatic N) is 2. The number of carbonyl (C=O) groups is 1. The molecule has 1 aliphatic carbocycles. The zero-order valence-electron chi connectivity index (χ0n) is 14.1. The Labute approximate surface area is 146 Å². The van der Waals surface area contributed by atoms with Crippen molar-refractivity contribution in [1.29, 1.82) is 0 Å². The lowest BCUT2D eigenvalue weighted by Gasteiger charge is -2.17. The summed E-state index contributed by atoms with van der Waals surface area (Å²) in [4.78, 5) is 19.5. The Bertz CT molecular complexity index is 683. The number of carbonyl (C=O) groups excluding carboxylic acids is 1. The molecule has 0 bridgehead atoms. The van der Waals surface area contributed by atoms with Crippen molar-refractivity contribution in [3.05, 3.63) is 35.3 Å². The van der Waals surface area contributed by atoms with E-state index in [-0.39, 0.29) is 6.03 Å². The third kappa shape index (κ3) is 4.55. The number of rotatable bonds is 7. The molecule has 0 radical (unpaired) electrons. The molecule has 1 fully saturated rings. The smallest absolute Gasteiger partial charge is 0.322 e. The van der Waals surface area contributed by atoms with Crippen LogP contribution in [-0.2, 0) is 4.74 Å². The summed E-state index contributed by atoms with van der Waals surface area (Å²) in [5.74, 6) is 1.37. The van der Waals surface area contributed by atoms with E-state index in [2.05, 4.69) is 10.3 Å². The first kappa shape index (κ1) is 16.9. The second-order valence-corrected chi connectivity index (χ2v) is 7.35. The van der Waals surface area contributed by atoms with Gasteiger partial charge >= 0.3 is 6.03 Å². The predicted octanol–water partition coefficient (Wildman–Crippen LogP) is 4.01. The van der Waals surface area contributed by atoms with E-state index < -0.39 is 0 Å². The van der Waals surface area contributed by atoms with Gasteiger partial charge in [0.1, 0.15) is 0 Å². The minimum atomic E-state index is -0.160. The lowest BCUT2D eigenvalue weighted by Crippen LogP contribution is -2.34. The standard InChI is InChI=1S/C18H23N3O2S/c1-13-19-17(16(24-13)15-6-4-3-5-7-15)20-18(22)21(2)10-11-23-12-14-8-9-14/h3-7,14H,8-12H2,1-2H3,(H,20,22). The lowest BCUT2D eigenvalue weighted by molar-refractivity contribution is 0.109. The molecule has 5 nitrogen and oxygen atoms in total. The SMILES string of the molecule is Cc1nc(NC(=O)N(C)CCOCC2CC2)c(-c2ccccc2)s1. The van der Waals surface area contributed by atoms with Crippen LogP contribution in [0.4, 0.5) is 10.6 Å². The van der Waals surface area contributed by atoms with Gasteiger partial charge in [-0.15, -0.1) is 11.3 Å². The maximum atomic E-state index is 12.4. The third-order valence-corrected chi connectivity index (χ3v) is 4.98. The summed E-state index contributed by atoms with van der Waals surface area (Å²) in [7, 11) is 1.78. The van der Waals surface area contributed by atoms with Gasteiger partial charge in [-0.2, -0.15) is 0 Å². The molecule has 2 aromatic rings. The highest BCUT2D eigenvalue weighted by Gasteiger charge is 2.21. The number of anilines is 1. The van der Waals surface area contributed by atoms with Crippen molar-refractivity contribution in [2.75, 3.05) is 32.1 Å². The van der Waals surface area contributed by atoms with E-state index in [9.17, 15) is 4.79 Å². The molecule has 6 heteroatoms. The van der Waals surface area contributed by atoms with Crippen molar-refractivity contribution in [2.45, 2.75) is 19.8 Å². The van der Waals surface area contributed by atoms with Crippen LogP contribution in [0.15, 0.2) is 30.3 Å². The van der Waals surface area contributed by atoms with Crippen molar-refractivity contribution < 1.29 is 9.53 Å². The van der Waals surface area contributed by atoms with Crippen LogP contribution >= 0.6 is 11.3 Å². The van der Waals surface area contributed by atoms with Crippen molar-refractivity contribution in [1.82, 2.24) is 9.88 Å². The fourth-order valence-electron chi connectivity index (χ4n) is 2.33. The summed E-state index contributed by atoms with van der Waals surface area (Å²) >= 11 is 1.58. The van der Waals surface area contributed by atoms with Gasteiger partial charge in [0, 0.05) is 20.2 Å². The van der Waals surface area contributed by atoms with Gasteiger partial charge in [0.25, 0.3) is 0 Å². The maximum absolute atomic E-state index is 12.4. The Morgan fingerprint density at radius 3 is 2.83 bits per heavy atom. The average Bonchev–Trinajstić information content (AvgIpc) is 3.34. The minimum Gasteiger partial charge on any atom is -0.379 e. The molecule has 0 aliphatic heterocycles. The number of thiazole rings is 1. The Morgan fingerprint density at radius 2 is 2.12 bits per heavy atom. The first-order valence-electron chi connectivity index (χ1n) is 8.26. The molecular weight excluding hydrogens is 322 g/mol. The number of ether oxygens (including phenoxy) is 1. The van der Waals surface area contributed by atoms with E-state index in [1.807, 2.05) is 37.3 Å². The predicted molar refractivity (Wildman–Crippen MR) is 97.5 cm³/mol. The van der Waals surface area contributed by atoms with Gasteiger partial charge in [-0.1, -0.05) is 30.3 Å². The first-order chi connectivity index (χ1) is 11.6. The number of urea groups is 1. The second-order valence-electron chi connectivity index (χ2n) is 6.15. The zero-order chi connectivity index (χ0) is 16.9. The van der Waals surface area contributed by atoms with E-state index in [4.69, 9.17) is 4.74 Å². The van der Waals surface area contributed by atoms with Gasteiger partial charge in [-0.25, -0.2) is 9.78 Å². The number of amides is 2. The van der Waals surface area contributed by atoms with Crippen LogP contribution in [0.25, 0.3) is 10.4 Å². The molecule has 0 saturated heterocycles. The molecule has 1 N–H and O–H groups in total. The molecular formula is C18H23N3O2S. The van der Waals surface area contributed by atoms with Crippen molar-refractivity contribution in [2.24, 2.45) is 5.92 Å². The molecule has 3 rings (SSSR count). The Kier molecular flexibility index (Phi) is 5.48. The van der Waals surface area contributed by atoms with Crippen LogP contribution in [-0.4, -0.2) is 42.7 Å². The van der Waals surface area contributed by atoms with Crippen molar-refractivity contribution >= 4 is 23.2 Å². The summed E-state index contributed by atoms with van der Waals surface area (Å²) in [6.07, 6.45) is 2.56. The minimum absolute atomic E-state index is 0.160. The van der Waals surface area contributed by atoms with E-state index in [0.29, 0.717) is 19.0 Å². The summed E-state index contributed by atoms with van der Waals surface area (Å²) in [6.45, 7) is 3.91.